The lowest BCUT2D eigenvalue weighted by molar-refractivity contribution is -0.479. The van der Waals surface area contributed by atoms with Crippen molar-refractivity contribution in [2.75, 3.05) is 0 Å². The first-order valence-electron chi connectivity index (χ1n) is 7.18. The molecule has 0 spiro atoms. The highest BCUT2D eigenvalue weighted by atomic mass is 35.5. The van der Waals surface area contributed by atoms with Gasteiger partial charge in [0.1, 0.15) is 0 Å². The van der Waals surface area contributed by atoms with E-state index < -0.39 is 64.7 Å². The Morgan fingerprint density at radius 3 is 1.14 bits per heavy atom. The van der Waals surface area contributed by atoms with Crippen molar-refractivity contribution in [1.29, 1.82) is 0 Å². The second kappa shape index (κ2) is 8.83. The average molecular weight is 631 g/mol. The molecule has 0 saturated carbocycles. The van der Waals surface area contributed by atoms with Gasteiger partial charge in [0.25, 0.3) is 0 Å². The Morgan fingerprint density at radius 2 is 0.889 bits per heavy atom. The van der Waals surface area contributed by atoms with Crippen LogP contribution in [-0.2, 0) is 14.3 Å². The van der Waals surface area contributed by atoms with Gasteiger partial charge in [0.15, 0.2) is 0 Å². The molecule has 0 aromatic carbocycles. The topological polar surface area (TPSA) is 35.5 Å². The summed E-state index contributed by atoms with van der Waals surface area (Å²) in [5, 5.41) is -13.6. The van der Waals surface area contributed by atoms with Crippen molar-refractivity contribution in [3.05, 3.63) is 0 Å². The zero-order valence-corrected chi connectivity index (χ0v) is 16.6. The number of carbonyl (C=O) groups is 1. The van der Waals surface area contributed by atoms with Crippen LogP contribution in [-0.4, -0.2) is 64.7 Å². The minimum absolute atomic E-state index is 1.32. The standard InChI is InChI=1S/C11Cl2F20O3/c12-3(15,7(13,21)22)4(16,17)6(20,10(29,30)31)35-1(34)2(14,8(23,24)25)36-11(32,33)5(18,19)9(26,27)28. The maximum absolute atomic E-state index is 14.0. The fraction of sp³-hybridized carbons (Fsp3) is 0.909. The number of hydrogen-bond acceptors (Lipinski definition) is 3. The maximum atomic E-state index is 14.0. The molecule has 0 rings (SSSR count). The van der Waals surface area contributed by atoms with E-state index in [0.717, 1.165) is 0 Å². The Morgan fingerprint density at radius 1 is 0.528 bits per heavy atom. The molecule has 25 heteroatoms. The molecule has 0 aliphatic rings. The summed E-state index contributed by atoms with van der Waals surface area (Å²) in [5.41, 5.74) is 0. The third-order valence-electron chi connectivity index (χ3n) is 3.37. The van der Waals surface area contributed by atoms with Crippen LogP contribution in [0.15, 0.2) is 0 Å². The molecule has 0 saturated heterocycles. The van der Waals surface area contributed by atoms with Gasteiger partial charge >= 0.3 is 64.7 Å². The van der Waals surface area contributed by atoms with E-state index in [2.05, 4.69) is 23.2 Å². The lowest BCUT2D eigenvalue weighted by Crippen LogP contribution is -2.70. The zero-order valence-electron chi connectivity index (χ0n) is 15.0. The Labute approximate surface area is 191 Å². The number of esters is 1. The van der Waals surface area contributed by atoms with Gasteiger partial charge in [0.2, 0.25) is 0 Å². The van der Waals surface area contributed by atoms with Crippen LogP contribution in [0.4, 0.5) is 87.8 Å². The molecule has 3 nitrogen and oxygen atoms in total. The molecule has 0 fully saturated rings. The van der Waals surface area contributed by atoms with E-state index in [1.807, 2.05) is 0 Å². The van der Waals surface area contributed by atoms with Gasteiger partial charge in [-0.15, -0.1) is 0 Å². The van der Waals surface area contributed by atoms with Gasteiger partial charge in [0, 0.05) is 0 Å². The van der Waals surface area contributed by atoms with Crippen LogP contribution in [0.25, 0.3) is 0 Å². The molecule has 216 valence electrons. The molecule has 0 aliphatic carbocycles. The minimum Gasteiger partial charge on any atom is -0.410 e. The number of hydrogen-bond donors (Lipinski definition) is 0. The number of alkyl halides is 22. The zero-order chi connectivity index (χ0) is 30.0. The minimum atomic E-state index is -8.07. The number of carbonyl (C=O) groups excluding carboxylic acids is 1. The first-order valence-corrected chi connectivity index (χ1v) is 7.93. The molecule has 0 heterocycles. The largest absolute Gasteiger partial charge is 0.467 e. The summed E-state index contributed by atoms with van der Waals surface area (Å²) in [5.74, 6) is -37.2. The van der Waals surface area contributed by atoms with Gasteiger partial charge in [-0.25, -0.2) is 9.18 Å². The monoisotopic (exact) mass is 630 g/mol. The van der Waals surface area contributed by atoms with E-state index in [9.17, 15) is 92.6 Å². The lowest BCUT2D eigenvalue weighted by atomic mass is 10.0. The fourth-order valence-electron chi connectivity index (χ4n) is 1.49. The quantitative estimate of drug-likeness (QED) is 0.162. The van der Waals surface area contributed by atoms with Crippen molar-refractivity contribution in [2.24, 2.45) is 0 Å². The van der Waals surface area contributed by atoms with Crippen LogP contribution in [0.1, 0.15) is 0 Å². The Bertz CT molecular complexity index is 825. The highest BCUT2D eigenvalue weighted by molar-refractivity contribution is 6.33. The van der Waals surface area contributed by atoms with Gasteiger partial charge in [-0.2, -0.15) is 83.4 Å². The summed E-state index contributed by atoms with van der Waals surface area (Å²) in [6.07, 6.45) is -31.6. The van der Waals surface area contributed by atoms with Gasteiger partial charge < -0.3 is 4.74 Å². The van der Waals surface area contributed by atoms with Gasteiger partial charge in [0.05, 0.1) is 0 Å². The lowest BCUT2D eigenvalue weighted by Gasteiger charge is -2.41. The third kappa shape index (κ3) is 5.27. The highest BCUT2D eigenvalue weighted by Crippen LogP contribution is 2.60. The van der Waals surface area contributed by atoms with E-state index in [1.165, 1.54) is 4.74 Å². The predicted molar refractivity (Wildman–Crippen MR) is 68.4 cm³/mol. The van der Waals surface area contributed by atoms with E-state index in [0.29, 0.717) is 0 Å². The normalized spacial score (nSPS) is 20.3. The molecule has 0 aromatic rings. The van der Waals surface area contributed by atoms with Crippen LogP contribution in [0.3, 0.4) is 0 Å². The fourth-order valence-corrected chi connectivity index (χ4v) is 1.73. The van der Waals surface area contributed by atoms with Crippen LogP contribution in [0, 0.1) is 0 Å². The summed E-state index contributed by atoms with van der Waals surface area (Å²) in [4.78, 5) is 11.1. The van der Waals surface area contributed by atoms with Crippen molar-refractivity contribution in [1.82, 2.24) is 0 Å². The first-order chi connectivity index (χ1) is 15.1. The molecule has 3 unspecified atom stereocenters. The number of halogens is 22. The smallest absolute Gasteiger partial charge is 0.410 e. The molecule has 0 radical (unpaired) electrons. The molecule has 0 aromatic heterocycles. The summed E-state index contributed by atoms with van der Waals surface area (Å²) in [6, 6.07) is 0. The van der Waals surface area contributed by atoms with Crippen molar-refractivity contribution in [2.45, 2.75) is 58.7 Å². The van der Waals surface area contributed by atoms with E-state index in [-0.39, 0.29) is 0 Å². The van der Waals surface area contributed by atoms with Gasteiger partial charge in [-0.1, -0.05) is 11.6 Å². The Hall–Kier alpha value is -1.39. The molecule has 0 bridgehead atoms. The van der Waals surface area contributed by atoms with Crippen LogP contribution >= 0.6 is 23.2 Å². The number of rotatable bonds is 8. The Kier molecular flexibility index (Phi) is 8.49. The Balaban J connectivity index is 6.99. The summed E-state index contributed by atoms with van der Waals surface area (Å²) in [6.45, 7) is 0. The van der Waals surface area contributed by atoms with Crippen molar-refractivity contribution >= 4 is 29.2 Å². The molecule has 0 amide bonds. The average Bonchev–Trinajstić information content (AvgIpc) is 2.56. The molecular formula is C11Cl2F20O3. The highest BCUT2D eigenvalue weighted by Gasteiger charge is 2.88. The molecule has 36 heavy (non-hydrogen) atoms. The first kappa shape index (κ1) is 34.6. The molecule has 0 aliphatic heterocycles. The summed E-state index contributed by atoms with van der Waals surface area (Å²) >= 11 is 7.26. The second-order valence-electron chi connectivity index (χ2n) is 5.91. The van der Waals surface area contributed by atoms with Crippen LogP contribution in [0.2, 0.25) is 0 Å². The number of ether oxygens (including phenoxy) is 2. The maximum Gasteiger partial charge on any atom is 0.467 e. The van der Waals surface area contributed by atoms with E-state index in [4.69, 9.17) is 0 Å². The van der Waals surface area contributed by atoms with Crippen molar-refractivity contribution in [3.63, 3.8) is 0 Å². The predicted octanol–water partition coefficient (Wildman–Crippen LogP) is 7.16. The molecule has 0 N–H and O–H groups in total. The van der Waals surface area contributed by atoms with Crippen molar-refractivity contribution < 1.29 is 102 Å². The van der Waals surface area contributed by atoms with Gasteiger partial charge in [-0.05, 0) is 11.6 Å². The summed E-state index contributed by atoms with van der Waals surface area (Å²) in [7, 11) is 0. The van der Waals surface area contributed by atoms with E-state index in [1.54, 1.807) is 4.74 Å². The molecular weight excluding hydrogens is 631 g/mol. The van der Waals surface area contributed by atoms with Gasteiger partial charge in [-0.3, -0.25) is 4.74 Å². The van der Waals surface area contributed by atoms with E-state index >= 15 is 0 Å². The summed E-state index contributed by atoms with van der Waals surface area (Å²) < 4.78 is 260. The second-order valence-corrected chi connectivity index (χ2v) is 6.91. The van der Waals surface area contributed by atoms with Crippen LogP contribution in [0.5, 0.6) is 0 Å². The van der Waals surface area contributed by atoms with Crippen LogP contribution < -0.4 is 0 Å². The SMILES string of the molecule is O=C(OC(F)(C(F)(F)F)C(F)(F)C(F)(Cl)C(F)(F)Cl)C(F)(OC(F)(F)C(F)(F)C(F)(F)F)C(F)(F)F. The molecule has 3 atom stereocenters. The van der Waals surface area contributed by atoms with Crippen molar-refractivity contribution in [3.8, 4) is 0 Å². The third-order valence-corrected chi connectivity index (χ3v) is 4.20.